The maximum Gasteiger partial charge on any atom is 0.223 e. The molecule has 6 heteroatoms. The molecular weight excluding hydrogens is 292 g/mol. The van der Waals surface area contributed by atoms with Gasteiger partial charge < -0.3 is 14.6 Å². The first-order valence-electron chi connectivity index (χ1n) is 8.89. The number of ether oxygens (including phenoxy) is 1. The van der Waals surface area contributed by atoms with Gasteiger partial charge in [-0.05, 0) is 32.6 Å². The standard InChI is InChI=1S/C17H26N4O2/c1-12-16-18-10-15(11-19-17(22)13-2-3-13)21(16)7-6-20(12)14-4-8-23-9-5-14/h10,12-14H,2-9,11H2,1H3,(H,19,22)/t12-/m1/s1. The van der Waals surface area contributed by atoms with Crippen LogP contribution in [-0.4, -0.2) is 46.2 Å². The maximum absolute atomic E-state index is 11.8. The molecule has 1 atom stereocenters. The second-order valence-corrected chi connectivity index (χ2v) is 7.01. The Morgan fingerprint density at radius 1 is 1.30 bits per heavy atom. The minimum absolute atomic E-state index is 0.202. The summed E-state index contributed by atoms with van der Waals surface area (Å²) >= 11 is 0. The van der Waals surface area contributed by atoms with Crippen molar-refractivity contribution < 1.29 is 9.53 Å². The highest BCUT2D eigenvalue weighted by Gasteiger charge is 2.33. The quantitative estimate of drug-likeness (QED) is 0.913. The van der Waals surface area contributed by atoms with Crippen LogP contribution in [0.4, 0.5) is 0 Å². The second kappa shape index (κ2) is 6.24. The molecule has 4 rings (SSSR count). The van der Waals surface area contributed by atoms with Crippen molar-refractivity contribution in [2.45, 2.75) is 57.8 Å². The molecule has 1 aliphatic carbocycles. The number of amides is 1. The van der Waals surface area contributed by atoms with Crippen LogP contribution in [0, 0.1) is 5.92 Å². The summed E-state index contributed by atoms with van der Waals surface area (Å²) in [6.45, 7) is 6.62. The van der Waals surface area contributed by atoms with Crippen LogP contribution in [0.15, 0.2) is 6.20 Å². The number of hydrogen-bond donors (Lipinski definition) is 1. The molecule has 6 nitrogen and oxygen atoms in total. The van der Waals surface area contributed by atoms with Crippen molar-refractivity contribution in [3.63, 3.8) is 0 Å². The van der Waals surface area contributed by atoms with Crippen LogP contribution in [0.5, 0.6) is 0 Å². The highest BCUT2D eigenvalue weighted by atomic mass is 16.5. The lowest BCUT2D eigenvalue weighted by molar-refractivity contribution is -0.122. The number of carbonyl (C=O) groups excluding carboxylic acids is 1. The van der Waals surface area contributed by atoms with Crippen molar-refractivity contribution in [2.75, 3.05) is 19.8 Å². The molecule has 0 bridgehead atoms. The van der Waals surface area contributed by atoms with Gasteiger partial charge in [0.25, 0.3) is 0 Å². The predicted molar refractivity (Wildman–Crippen MR) is 85.8 cm³/mol. The average Bonchev–Trinajstić information content (AvgIpc) is 3.35. The number of nitrogens with zero attached hydrogens (tertiary/aromatic N) is 3. The van der Waals surface area contributed by atoms with Gasteiger partial charge in [0.15, 0.2) is 0 Å². The van der Waals surface area contributed by atoms with E-state index in [1.54, 1.807) is 0 Å². The minimum Gasteiger partial charge on any atom is -0.381 e. The van der Waals surface area contributed by atoms with Crippen molar-refractivity contribution in [1.82, 2.24) is 19.8 Å². The fourth-order valence-electron chi connectivity index (χ4n) is 3.90. The largest absolute Gasteiger partial charge is 0.381 e. The summed E-state index contributed by atoms with van der Waals surface area (Å²) in [5.41, 5.74) is 1.13. The molecule has 3 heterocycles. The Bertz CT molecular complexity index is 575. The van der Waals surface area contributed by atoms with Crippen LogP contribution < -0.4 is 5.32 Å². The minimum atomic E-state index is 0.202. The highest BCUT2D eigenvalue weighted by molar-refractivity contribution is 5.80. The van der Waals surface area contributed by atoms with E-state index >= 15 is 0 Å². The predicted octanol–water partition coefficient (Wildman–Crippen LogP) is 1.46. The van der Waals surface area contributed by atoms with Gasteiger partial charge >= 0.3 is 0 Å². The van der Waals surface area contributed by atoms with E-state index in [0.717, 1.165) is 63.5 Å². The maximum atomic E-state index is 11.8. The lowest BCUT2D eigenvalue weighted by Gasteiger charge is -2.41. The first-order chi connectivity index (χ1) is 11.2. The van der Waals surface area contributed by atoms with Gasteiger partial charge in [-0.3, -0.25) is 9.69 Å². The normalized spacial score (nSPS) is 26.0. The van der Waals surface area contributed by atoms with Gasteiger partial charge in [0.2, 0.25) is 5.91 Å². The highest BCUT2D eigenvalue weighted by Crippen LogP contribution is 2.31. The topological polar surface area (TPSA) is 59.4 Å². The Morgan fingerprint density at radius 3 is 2.83 bits per heavy atom. The van der Waals surface area contributed by atoms with E-state index in [9.17, 15) is 4.79 Å². The number of imidazole rings is 1. The van der Waals surface area contributed by atoms with E-state index in [2.05, 4.69) is 26.7 Å². The summed E-state index contributed by atoms with van der Waals surface area (Å²) in [6.07, 6.45) is 6.28. The van der Waals surface area contributed by atoms with Gasteiger partial charge in [-0.25, -0.2) is 4.98 Å². The molecule has 1 aromatic rings. The molecule has 1 N–H and O–H groups in total. The molecule has 0 unspecified atom stereocenters. The van der Waals surface area contributed by atoms with Gasteiger partial charge in [0, 0.05) is 38.3 Å². The molecule has 2 aliphatic heterocycles. The Balaban J connectivity index is 1.43. The Hall–Kier alpha value is -1.40. The molecule has 1 aromatic heterocycles. The van der Waals surface area contributed by atoms with Crippen molar-refractivity contribution in [1.29, 1.82) is 0 Å². The Kier molecular flexibility index (Phi) is 4.11. The van der Waals surface area contributed by atoms with Gasteiger partial charge in [-0.15, -0.1) is 0 Å². The summed E-state index contributed by atoms with van der Waals surface area (Å²) in [7, 11) is 0. The molecule has 0 spiro atoms. The van der Waals surface area contributed by atoms with Crippen molar-refractivity contribution in [2.24, 2.45) is 5.92 Å². The summed E-state index contributed by atoms with van der Waals surface area (Å²) in [5, 5.41) is 3.06. The SMILES string of the molecule is C[C@@H]1c2ncc(CNC(=O)C3CC3)n2CCN1C1CCOCC1. The van der Waals surface area contributed by atoms with Crippen LogP contribution in [0.2, 0.25) is 0 Å². The van der Waals surface area contributed by atoms with E-state index < -0.39 is 0 Å². The van der Waals surface area contributed by atoms with Gasteiger partial charge in [0.05, 0.1) is 24.5 Å². The molecule has 1 saturated carbocycles. The third kappa shape index (κ3) is 3.02. The summed E-state index contributed by atoms with van der Waals surface area (Å²) in [4.78, 5) is 19.1. The lowest BCUT2D eigenvalue weighted by atomic mass is 10.0. The van der Waals surface area contributed by atoms with E-state index in [0.29, 0.717) is 18.6 Å². The summed E-state index contributed by atoms with van der Waals surface area (Å²) in [5.74, 6) is 1.60. The molecule has 3 aliphatic rings. The van der Waals surface area contributed by atoms with E-state index in [-0.39, 0.29) is 11.8 Å². The molecule has 23 heavy (non-hydrogen) atoms. The Labute approximate surface area is 137 Å². The zero-order valence-corrected chi connectivity index (χ0v) is 13.8. The first-order valence-corrected chi connectivity index (χ1v) is 8.89. The Morgan fingerprint density at radius 2 is 2.09 bits per heavy atom. The summed E-state index contributed by atoms with van der Waals surface area (Å²) < 4.78 is 7.79. The van der Waals surface area contributed by atoms with Crippen LogP contribution in [0.3, 0.4) is 0 Å². The van der Waals surface area contributed by atoms with Gasteiger partial charge in [-0.1, -0.05) is 0 Å². The zero-order chi connectivity index (χ0) is 15.8. The third-order valence-corrected chi connectivity index (χ3v) is 5.47. The van der Waals surface area contributed by atoms with E-state index in [1.807, 2.05) is 6.20 Å². The molecular formula is C17H26N4O2. The van der Waals surface area contributed by atoms with Crippen LogP contribution in [-0.2, 0) is 22.6 Å². The average molecular weight is 318 g/mol. The number of aromatic nitrogens is 2. The van der Waals surface area contributed by atoms with Crippen LogP contribution in [0.1, 0.15) is 50.2 Å². The number of rotatable bonds is 4. The molecule has 0 radical (unpaired) electrons. The number of nitrogens with one attached hydrogen (secondary N) is 1. The molecule has 1 saturated heterocycles. The van der Waals surface area contributed by atoms with E-state index in [4.69, 9.17) is 4.74 Å². The van der Waals surface area contributed by atoms with Crippen LogP contribution in [0.25, 0.3) is 0 Å². The van der Waals surface area contributed by atoms with Crippen molar-refractivity contribution >= 4 is 5.91 Å². The monoisotopic (exact) mass is 318 g/mol. The smallest absolute Gasteiger partial charge is 0.223 e. The fourth-order valence-corrected chi connectivity index (χ4v) is 3.90. The first kappa shape index (κ1) is 15.1. The number of fused-ring (bicyclic) bond motifs is 1. The fraction of sp³-hybridized carbons (Fsp3) is 0.765. The van der Waals surface area contributed by atoms with Crippen molar-refractivity contribution in [3.05, 3.63) is 17.7 Å². The molecule has 0 aromatic carbocycles. The van der Waals surface area contributed by atoms with Crippen LogP contribution >= 0.6 is 0 Å². The summed E-state index contributed by atoms with van der Waals surface area (Å²) in [6, 6.07) is 0.946. The molecule has 1 amide bonds. The number of hydrogen-bond acceptors (Lipinski definition) is 4. The van der Waals surface area contributed by atoms with Gasteiger partial charge in [-0.2, -0.15) is 0 Å². The van der Waals surface area contributed by atoms with E-state index in [1.165, 1.54) is 0 Å². The lowest BCUT2D eigenvalue weighted by Crippen LogP contribution is -2.46. The number of carbonyl (C=O) groups is 1. The van der Waals surface area contributed by atoms with Gasteiger partial charge in [0.1, 0.15) is 5.82 Å². The second-order valence-electron chi connectivity index (χ2n) is 7.01. The third-order valence-electron chi connectivity index (χ3n) is 5.47. The molecule has 2 fully saturated rings. The molecule has 126 valence electrons. The van der Waals surface area contributed by atoms with Crippen molar-refractivity contribution in [3.8, 4) is 0 Å². The zero-order valence-electron chi connectivity index (χ0n) is 13.8.